The zero-order valence-corrected chi connectivity index (χ0v) is 13.0. The van der Waals surface area contributed by atoms with Crippen LogP contribution in [0.15, 0.2) is 53.4 Å². The highest BCUT2D eigenvalue weighted by Gasteiger charge is 2.36. The van der Waals surface area contributed by atoms with Crippen molar-refractivity contribution in [3.05, 3.63) is 65.2 Å². The number of hydrogen-bond donors (Lipinski definition) is 1. The first kappa shape index (κ1) is 13.4. The minimum absolute atomic E-state index is 0.130. The molecule has 0 radical (unpaired) electrons. The van der Waals surface area contributed by atoms with Crippen LogP contribution in [0.4, 0.5) is 0 Å². The third kappa shape index (κ3) is 2.41. The standard InChI is InChI=1S/C19H21NS/c20-19(11-5-8-14-6-1-3-9-17(14)19)13-16-12-15-7-2-4-10-18(15)21-16/h1-4,6-7,9-10,16H,5,8,11-13,20H2. The Bertz CT molecular complexity index is 641. The number of hydrogen-bond acceptors (Lipinski definition) is 2. The lowest BCUT2D eigenvalue weighted by atomic mass is 9.74. The quantitative estimate of drug-likeness (QED) is 0.894. The smallest absolute Gasteiger partial charge is 0.0423 e. The topological polar surface area (TPSA) is 26.0 Å². The lowest BCUT2D eigenvalue weighted by molar-refractivity contribution is 0.343. The Labute approximate surface area is 130 Å². The molecular formula is C19H21NS. The van der Waals surface area contributed by atoms with Crippen LogP contribution in [-0.2, 0) is 18.4 Å². The molecule has 2 aliphatic rings. The number of benzene rings is 2. The molecular weight excluding hydrogens is 274 g/mol. The summed E-state index contributed by atoms with van der Waals surface area (Å²) in [7, 11) is 0. The molecule has 2 unspecified atom stereocenters. The Morgan fingerprint density at radius 2 is 1.81 bits per heavy atom. The molecule has 0 aromatic heterocycles. The molecule has 1 nitrogen and oxygen atoms in total. The van der Waals surface area contributed by atoms with Crippen molar-refractivity contribution in [2.45, 2.75) is 47.8 Å². The van der Waals surface area contributed by atoms with E-state index in [-0.39, 0.29) is 5.54 Å². The fraction of sp³-hybridized carbons (Fsp3) is 0.368. The van der Waals surface area contributed by atoms with Gasteiger partial charge in [0.25, 0.3) is 0 Å². The van der Waals surface area contributed by atoms with Crippen LogP contribution in [0.2, 0.25) is 0 Å². The van der Waals surface area contributed by atoms with Gasteiger partial charge in [0.1, 0.15) is 0 Å². The van der Waals surface area contributed by atoms with E-state index in [2.05, 4.69) is 48.5 Å². The Balaban J connectivity index is 1.59. The van der Waals surface area contributed by atoms with E-state index in [1.807, 2.05) is 11.8 Å². The third-order valence-electron chi connectivity index (χ3n) is 4.93. The van der Waals surface area contributed by atoms with E-state index >= 15 is 0 Å². The summed E-state index contributed by atoms with van der Waals surface area (Å²) >= 11 is 2.02. The minimum Gasteiger partial charge on any atom is -0.321 e. The van der Waals surface area contributed by atoms with Crippen LogP contribution in [-0.4, -0.2) is 5.25 Å². The highest BCUT2D eigenvalue weighted by atomic mass is 32.2. The lowest BCUT2D eigenvalue weighted by Gasteiger charge is -2.37. The van der Waals surface area contributed by atoms with Crippen LogP contribution in [0.3, 0.4) is 0 Å². The van der Waals surface area contributed by atoms with Gasteiger partial charge in [-0.1, -0.05) is 42.5 Å². The molecule has 2 atom stereocenters. The van der Waals surface area contributed by atoms with Crippen LogP contribution >= 0.6 is 11.8 Å². The molecule has 21 heavy (non-hydrogen) atoms. The van der Waals surface area contributed by atoms with Crippen LogP contribution < -0.4 is 5.73 Å². The molecule has 1 aliphatic heterocycles. The van der Waals surface area contributed by atoms with Crippen LogP contribution in [0.5, 0.6) is 0 Å². The van der Waals surface area contributed by atoms with Crippen LogP contribution in [0, 0.1) is 0 Å². The second-order valence-corrected chi connectivity index (χ2v) is 7.76. The number of nitrogens with two attached hydrogens (primary N) is 1. The van der Waals surface area contributed by atoms with Crippen molar-refractivity contribution >= 4 is 11.8 Å². The fourth-order valence-corrected chi connectivity index (χ4v) is 5.40. The zero-order valence-electron chi connectivity index (χ0n) is 12.2. The first-order valence-corrected chi connectivity index (χ1v) is 8.74. The Morgan fingerprint density at radius 3 is 2.67 bits per heavy atom. The van der Waals surface area contributed by atoms with Gasteiger partial charge in [-0.3, -0.25) is 0 Å². The Kier molecular flexibility index (Phi) is 3.31. The van der Waals surface area contributed by atoms with Gasteiger partial charge in [-0.05, 0) is 54.9 Å². The van der Waals surface area contributed by atoms with E-state index in [0.717, 1.165) is 12.8 Å². The summed E-state index contributed by atoms with van der Waals surface area (Å²) in [6.07, 6.45) is 5.79. The minimum atomic E-state index is -0.130. The first-order valence-electron chi connectivity index (χ1n) is 7.86. The molecule has 2 aromatic rings. The second kappa shape index (κ2) is 5.19. The largest absolute Gasteiger partial charge is 0.321 e. The molecule has 2 aromatic carbocycles. The fourth-order valence-electron chi connectivity index (χ4n) is 3.94. The van der Waals surface area contributed by atoms with Crippen molar-refractivity contribution in [2.24, 2.45) is 5.73 Å². The van der Waals surface area contributed by atoms with E-state index < -0.39 is 0 Å². The van der Waals surface area contributed by atoms with Gasteiger partial charge in [-0.15, -0.1) is 11.8 Å². The highest BCUT2D eigenvalue weighted by Crippen LogP contribution is 2.44. The summed E-state index contributed by atoms with van der Waals surface area (Å²) in [4.78, 5) is 1.45. The van der Waals surface area contributed by atoms with Gasteiger partial charge in [0.05, 0.1) is 0 Å². The molecule has 0 bridgehead atoms. The predicted molar refractivity (Wildman–Crippen MR) is 89.7 cm³/mol. The van der Waals surface area contributed by atoms with Crippen molar-refractivity contribution in [1.82, 2.24) is 0 Å². The number of aryl methyl sites for hydroxylation is 1. The summed E-state index contributed by atoms with van der Waals surface area (Å²) in [6, 6.07) is 17.6. The summed E-state index contributed by atoms with van der Waals surface area (Å²) in [5.74, 6) is 0. The third-order valence-corrected chi connectivity index (χ3v) is 6.25. The first-order chi connectivity index (χ1) is 10.2. The summed E-state index contributed by atoms with van der Waals surface area (Å²) in [5, 5.41) is 0.624. The van der Waals surface area contributed by atoms with E-state index in [9.17, 15) is 0 Å². The van der Waals surface area contributed by atoms with E-state index in [0.29, 0.717) is 5.25 Å². The molecule has 0 spiro atoms. The lowest BCUT2D eigenvalue weighted by Crippen LogP contribution is -2.42. The normalized spacial score (nSPS) is 27.2. The van der Waals surface area contributed by atoms with Crippen LogP contribution in [0.1, 0.15) is 36.0 Å². The van der Waals surface area contributed by atoms with E-state index in [1.54, 1.807) is 0 Å². The van der Waals surface area contributed by atoms with Gasteiger partial charge < -0.3 is 5.73 Å². The van der Waals surface area contributed by atoms with Gasteiger partial charge >= 0.3 is 0 Å². The van der Waals surface area contributed by atoms with Crippen molar-refractivity contribution in [2.75, 3.05) is 0 Å². The molecule has 2 heteroatoms. The summed E-state index contributed by atoms with van der Waals surface area (Å²) in [6.45, 7) is 0. The molecule has 108 valence electrons. The monoisotopic (exact) mass is 295 g/mol. The summed E-state index contributed by atoms with van der Waals surface area (Å²) < 4.78 is 0. The van der Waals surface area contributed by atoms with Crippen molar-refractivity contribution in [3.63, 3.8) is 0 Å². The van der Waals surface area contributed by atoms with Crippen LogP contribution in [0.25, 0.3) is 0 Å². The number of rotatable bonds is 2. The molecule has 0 fully saturated rings. The average Bonchev–Trinajstić information content (AvgIpc) is 2.89. The van der Waals surface area contributed by atoms with E-state index in [1.165, 1.54) is 40.8 Å². The highest BCUT2D eigenvalue weighted by molar-refractivity contribution is 8.00. The molecule has 0 saturated carbocycles. The van der Waals surface area contributed by atoms with E-state index in [4.69, 9.17) is 5.73 Å². The molecule has 2 N–H and O–H groups in total. The summed E-state index contributed by atoms with van der Waals surface area (Å²) in [5.41, 5.74) is 11.1. The van der Waals surface area contributed by atoms with Gasteiger partial charge in [0.2, 0.25) is 0 Å². The van der Waals surface area contributed by atoms with Crippen molar-refractivity contribution in [1.29, 1.82) is 0 Å². The zero-order chi connectivity index (χ0) is 14.3. The maximum absolute atomic E-state index is 6.87. The second-order valence-electron chi connectivity index (χ2n) is 6.42. The maximum atomic E-state index is 6.87. The maximum Gasteiger partial charge on any atom is 0.0423 e. The number of fused-ring (bicyclic) bond motifs is 2. The SMILES string of the molecule is NC1(CC2Cc3ccccc3S2)CCCc2ccccc21. The average molecular weight is 295 g/mol. The molecule has 1 aliphatic carbocycles. The predicted octanol–water partition coefficient (Wildman–Crippen LogP) is 4.28. The molecule has 4 rings (SSSR count). The van der Waals surface area contributed by atoms with Crippen molar-refractivity contribution < 1.29 is 0 Å². The van der Waals surface area contributed by atoms with Gasteiger partial charge in [-0.2, -0.15) is 0 Å². The van der Waals surface area contributed by atoms with Gasteiger partial charge in [-0.25, -0.2) is 0 Å². The van der Waals surface area contributed by atoms with Crippen molar-refractivity contribution in [3.8, 4) is 0 Å². The van der Waals surface area contributed by atoms with Gasteiger partial charge in [0.15, 0.2) is 0 Å². The molecule has 0 amide bonds. The molecule has 0 saturated heterocycles. The molecule has 1 heterocycles. The Morgan fingerprint density at radius 1 is 1.05 bits per heavy atom. The Hall–Kier alpha value is -1.25. The number of thioether (sulfide) groups is 1. The van der Waals surface area contributed by atoms with Gasteiger partial charge in [0, 0.05) is 15.7 Å².